The molecule has 0 bridgehead atoms. The summed E-state index contributed by atoms with van der Waals surface area (Å²) in [5.74, 6) is 2.23. The molecule has 3 unspecified atom stereocenters. The Morgan fingerprint density at radius 2 is 2.11 bits per heavy atom. The first-order chi connectivity index (χ1) is 8.77. The number of ether oxygens (including phenoxy) is 1. The van der Waals surface area contributed by atoms with Gasteiger partial charge < -0.3 is 10.1 Å². The van der Waals surface area contributed by atoms with Crippen molar-refractivity contribution in [3.05, 3.63) is 29.8 Å². The number of benzene rings is 1. The Kier molecular flexibility index (Phi) is 4.65. The second-order valence-electron chi connectivity index (χ2n) is 5.32. The maximum atomic E-state index is 5.84. The Labute approximate surface area is 111 Å². The van der Waals surface area contributed by atoms with Gasteiger partial charge in [0.15, 0.2) is 0 Å². The fraction of sp³-hybridized carbons (Fsp3) is 0.625. The smallest absolute Gasteiger partial charge is 0.122 e. The van der Waals surface area contributed by atoms with Crippen molar-refractivity contribution in [1.29, 1.82) is 0 Å². The van der Waals surface area contributed by atoms with Gasteiger partial charge in [-0.3, -0.25) is 0 Å². The molecule has 1 heterocycles. The van der Waals surface area contributed by atoms with E-state index in [1.54, 1.807) is 0 Å². The van der Waals surface area contributed by atoms with Gasteiger partial charge in [0.2, 0.25) is 0 Å². The molecule has 1 aliphatic rings. The Morgan fingerprint density at radius 1 is 1.33 bits per heavy atom. The Balaban J connectivity index is 2.24. The summed E-state index contributed by atoms with van der Waals surface area (Å²) in [6.07, 6.45) is 2.36. The molecule has 0 amide bonds. The lowest BCUT2D eigenvalue weighted by Gasteiger charge is -2.37. The van der Waals surface area contributed by atoms with Gasteiger partial charge in [-0.15, -0.1) is 0 Å². The van der Waals surface area contributed by atoms with Crippen LogP contribution in [0.2, 0.25) is 0 Å². The average molecular weight is 247 g/mol. The Morgan fingerprint density at radius 3 is 2.83 bits per heavy atom. The van der Waals surface area contributed by atoms with Crippen molar-refractivity contribution in [2.45, 2.75) is 45.6 Å². The van der Waals surface area contributed by atoms with E-state index in [1.807, 2.05) is 0 Å². The second kappa shape index (κ2) is 6.24. The van der Waals surface area contributed by atoms with Crippen molar-refractivity contribution in [2.75, 3.05) is 13.2 Å². The molecular formula is C16H25NO. The van der Waals surface area contributed by atoms with Gasteiger partial charge in [0, 0.05) is 12.0 Å². The van der Waals surface area contributed by atoms with Crippen LogP contribution in [0.15, 0.2) is 24.3 Å². The van der Waals surface area contributed by atoms with Crippen molar-refractivity contribution in [3.8, 4) is 5.75 Å². The minimum Gasteiger partial charge on any atom is -0.493 e. The molecule has 1 aliphatic heterocycles. The third-order valence-corrected chi connectivity index (χ3v) is 3.92. The van der Waals surface area contributed by atoms with Gasteiger partial charge in [0.1, 0.15) is 5.75 Å². The van der Waals surface area contributed by atoms with Crippen molar-refractivity contribution in [3.63, 3.8) is 0 Å². The number of fused-ring (bicyclic) bond motifs is 1. The van der Waals surface area contributed by atoms with Crippen LogP contribution in [-0.4, -0.2) is 19.2 Å². The van der Waals surface area contributed by atoms with Crippen molar-refractivity contribution < 1.29 is 4.74 Å². The SMILES string of the molecule is CCCNC(CC)C1c2ccccc2OCC1C. The van der Waals surface area contributed by atoms with E-state index in [0.717, 1.165) is 18.9 Å². The predicted molar refractivity (Wildman–Crippen MR) is 76.2 cm³/mol. The molecule has 2 nitrogen and oxygen atoms in total. The number of para-hydroxylation sites is 1. The second-order valence-corrected chi connectivity index (χ2v) is 5.32. The minimum atomic E-state index is 0.560. The molecule has 100 valence electrons. The predicted octanol–water partition coefficient (Wildman–Crippen LogP) is 3.58. The zero-order valence-corrected chi connectivity index (χ0v) is 11.8. The molecule has 3 atom stereocenters. The zero-order chi connectivity index (χ0) is 13.0. The van der Waals surface area contributed by atoms with Gasteiger partial charge in [-0.1, -0.05) is 39.0 Å². The topological polar surface area (TPSA) is 21.3 Å². The molecule has 0 saturated carbocycles. The quantitative estimate of drug-likeness (QED) is 0.858. The number of hydrogen-bond acceptors (Lipinski definition) is 2. The van der Waals surface area contributed by atoms with Crippen LogP contribution in [0.3, 0.4) is 0 Å². The van der Waals surface area contributed by atoms with Gasteiger partial charge in [-0.2, -0.15) is 0 Å². The minimum absolute atomic E-state index is 0.560. The first-order valence-electron chi connectivity index (χ1n) is 7.23. The Bertz CT molecular complexity index is 377. The molecule has 0 radical (unpaired) electrons. The molecule has 0 aromatic heterocycles. The maximum Gasteiger partial charge on any atom is 0.122 e. The first kappa shape index (κ1) is 13.4. The van der Waals surface area contributed by atoms with Gasteiger partial charge in [-0.25, -0.2) is 0 Å². The highest BCUT2D eigenvalue weighted by molar-refractivity contribution is 5.39. The highest BCUT2D eigenvalue weighted by atomic mass is 16.5. The van der Waals surface area contributed by atoms with E-state index in [4.69, 9.17) is 4.74 Å². The third-order valence-electron chi connectivity index (χ3n) is 3.92. The summed E-state index contributed by atoms with van der Waals surface area (Å²) in [4.78, 5) is 0. The van der Waals surface area contributed by atoms with E-state index in [0.29, 0.717) is 17.9 Å². The van der Waals surface area contributed by atoms with E-state index in [-0.39, 0.29) is 0 Å². The molecule has 1 aromatic carbocycles. The number of nitrogens with one attached hydrogen (secondary N) is 1. The van der Waals surface area contributed by atoms with E-state index >= 15 is 0 Å². The van der Waals surface area contributed by atoms with Gasteiger partial charge in [-0.05, 0) is 36.9 Å². The van der Waals surface area contributed by atoms with Crippen LogP contribution in [0, 0.1) is 5.92 Å². The lowest BCUT2D eigenvalue weighted by atomic mass is 9.79. The monoisotopic (exact) mass is 247 g/mol. The summed E-state index contributed by atoms with van der Waals surface area (Å²) < 4.78 is 5.84. The highest BCUT2D eigenvalue weighted by Gasteiger charge is 2.32. The fourth-order valence-corrected chi connectivity index (χ4v) is 2.99. The molecule has 0 fully saturated rings. The van der Waals surface area contributed by atoms with Crippen LogP contribution in [-0.2, 0) is 0 Å². The van der Waals surface area contributed by atoms with Crippen molar-refractivity contribution in [1.82, 2.24) is 5.32 Å². The molecule has 18 heavy (non-hydrogen) atoms. The summed E-state index contributed by atoms with van der Waals surface area (Å²) in [6, 6.07) is 9.07. The summed E-state index contributed by atoms with van der Waals surface area (Å²) >= 11 is 0. The van der Waals surface area contributed by atoms with Crippen LogP contribution in [0.4, 0.5) is 0 Å². The normalized spacial score (nSPS) is 24.2. The van der Waals surface area contributed by atoms with Crippen molar-refractivity contribution >= 4 is 0 Å². The number of rotatable bonds is 5. The van der Waals surface area contributed by atoms with E-state index in [9.17, 15) is 0 Å². The van der Waals surface area contributed by atoms with Gasteiger partial charge >= 0.3 is 0 Å². The molecule has 0 saturated heterocycles. The average Bonchev–Trinajstić information content (AvgIpc) is 2.41. The summed E-state index contributed by atoms with van der Waals surface area (Å²) in [7, 11) is 0. The zero-order valence-electron chi connectivity index (χ0n) is 11.8. The van der Waals surface area contributed by atoms with Crippen LogP contribution in [0.5, 0.6) is 5.75 Å². The molecule has 0 spiro atoms. The van der Waals surface area contributed by atoms with Crippen LogP contribution in [0.1, 0.15) is 45.1 Å². The molecule has 0 aliphatic carbocycles. The van der Waals surface area contributed by atoms with Gasteiger partial charge in [0.05, 0.1) is 6.61 Å². The van der Waals surface area contributed by atoms with Crippen LogP contribution < -0.4 is 10.1 Å². The van der Waals surface area contributed by atoms with E-state index in [1.165, 1.54) is 18.4 Å². The number of hydrogen-bond donors (Lipinski definition) is 1. The summed E-state index contributed by atoms with van der Waals surface area (Å²) in [5, 5.41) is 3.70. The highest BCUT2D eigenvalue weighted by Crippen LogP contribution is 2.39. The third kappa shape index (κ3) is 2.69. The Hall–Kier alpha value is -1.02. The summed E-state index contributed by atoms with van der Waals surface area (Å²) in [6.45, 7) is 8.74. The van der Waals surface area contributed by atoms with Crippen molar-refractivity contribution in [2.24, 2.45) is 5.92 Å². The maximum absolute atomic E-state index is 5.84. The standard InChI is InChI=1S/C16H25NO/c1-4-10-17-14(5-2)16-12(3)11-18-15-9-7-6-8-13(15)16/h6-9,12,14,16-17H,4-5,10-11H2,1-3H3. The fourth-order valence-electron chi connectivity index (χ4n) is 2.99. The molecular weight excluding hydrogens is 222 g/mol. The van der Waals surface area contributed by atoms with E-state index in [2.05, 4.69) is 50.4 Å². The van der Waals surface area contributed by atoms with Crippen LogP contribution in [0.25, 0.3) is 0 Å². The van der Waals surface area contributed by atoms with E-state index < -0.39 is 0 Å². The molecule has 1 aromatic rings. The van der Waals surface area contributed by atoms with Crippen LogP contribution >= 0.6 is 0 Å². The molecule has 2 rings (SSSR count). The lowest BCUT2D eigenvalue weighted by molar-refractivity contribution is 0.181. The largest absolute Gasteiger partial charge is 0.493 e. The first-order valence-corrected chi connectivity index (χ1v) is 7.23. The van der Waals surface area contributed by atoms with Gasteiger partial charge in [0.25, 0.3) is 0 Å². The summed E-state index contributed by atoms with van der Waals surface area (Å²) in [5.41, 5.74) is 1.38. The molecule has 2 heteroatoms. The molecule has 1 N–H and O–H groups in total. The lowest BCUT2D eigenvalue weighted by Crippen LogP contribution is -2.41.